The van der Waals surface area contributed by atoms with E-state index in [2.05, 4.69) is 36.0 Å². The molecular formula is C18H29NS. The molecule has 20 heavy (non-hydrogen) atoms. The van der Waals surface area contributed by atoms with Crippen LogP contribution in [0.15, 0.2) is 16.8 Å². The zero-order valence-corrected chi connectivity index (χ0v) is 13.8. The third-order valence-corrected chi connectivity index (χ3v) is 6.04. The van der Waals surface area contributed by atoms with E-state index in [1.807, 2.05) is 11.3 Å². The molecule has 2 saturated carbocycles. The lowest BCUT2D eigenvalue weighted by atomic mass is 9.65. The van der Waals surface area contributed by atoms with Crippen LogP contribution < -0.4 is 5.32 Å². The number of aryl methyl sites for hydroxylation is 1. The Morgan fingerprint density at radius 2 is 2.10 bits per heavy atom. The Morgan fingerprint density at radius 3 is 2.80 bits per heavy atom. The molecule has 2 fully saturated rings. The smallest absolute Gasteiger partial charge is 0.00683 e. The summed E-state index contributed by atoms with van der Waals surface area (Å²) >= 11 is 1.84. The Balaban J connectivity index is 1.55. The second kappa shape index (κ2) is 6.19. The first kappa shape index (κ1) is 14.6. The average molecular weight is 292 g/mol. The van der Waals surface area contributed by atoms with Gasteiger partial charge in [0.2, 0.25) is 0 Å². The molecule has 1 heterocycles. The molecule has 0 saturated heterocycles. The molecule has 3 rings (SSSR count). The molecule has 1 nitrogen and oxygen atoms in total. The molecule has 1 N–H and O–H groups in total. The average Bonchev–Trinajstić information content (AvgIpc) is 3.09. The standard InChI is InChI=1S/C18H29NS/c1-18(2)9-7-16(12-19-17-5-6-17)15(11-18)4-3-14-8-10-20-13-14/h8,10,13,15-17,19H,3-7,9,11-12H2,1-2H3. The molecule has 0 radical (unpaired) electrons. The monoisotopic (exact) mass is 291 g/mol. The van der Waals surface area contributed by atoms with Crippen molar-refractivity contribution in [2.45, 2.75) is 64.8 Å². The van der Waals surface area contributed by atoms with E-state index in [9.17, 15) is 0 Å². The molecule has 0 aliphatic heterocycles. The van der Waals surface area contributed by atoms with Crippen LogP contribution in [-0.2, 0) is 6.42 Å². The highest BCUT2D eigenvalue weighted by molar-refractivity contribution is 7.07. The summed E-state index contributed by atoms with van der Waals surface area (Å²) in [5.41, 5.74) is 2.11. The van der Waals surface area contributed by atoms with E-state index in [4.69, 9.17) is 0 Å². The van der Waals surface area contributed by atoms with E-state index < -0.39 is 0 Å². The molecule has 0 bridgehead atoms. The van der Waals surface area contributed by atoms with Crippen molar-refractivity contribution in [3.8, 4) is 0 Å². The Bertz CT molecular complexity index is 403. The van der Waals surface area contributed by atoms with Crippen LogP contribution in [0.25, 0.3) is 0 Å². The Morgan fingerprint density at radius 1 is 1.25 bits per heavy atom. The summed E-state index contributed by atoms with van der Waals surface area (Å²) in [7, 11) is 0. The Labute approximate surface area is 128 Å². The van der Waals surface area contributed by atoms with Crippen LogP contribution in [0.3, 0.4) is 0 Å². The molecule has 0 aromatic carbocycles. The van der Waals surface area contributed by atoms with Crippen molar-refractivity contribution in [1.29, 1.82) is 0 Å². The maximum Gasteiger partial charge on any atom is 0.00683 e. The van der Waals surface area contributed by atoms with Gasteiger partial charge in [0.15, 0.2) is 0 Å². The van der Waals surface area contributed by atoms with Gasteiger partial charge >= 0.3 is 0 Å². The Kier molecular flexibility index (Phi) is 4.52. The topological polar surface area (TPSA) is 12.0 Å². The highest BCUT2D eigenvalue weighted by Gasteiger charge is 2.35. The van der Waals surface area contributed by atoms with Crippen molar-refractivity contribution in [2.75, 3.05) is 6.54 Å². The van der Waals surface area contributed by atoms with Crippen LogP contribution in [0.1, 0.15) is 57.9 Å². The molecule has 2 heteroatoms. The predicted molar refractivity (Wildman–Crippen MR) is 88.3 cm³/mol. The SMILES string of the molecule is CC1(C)CCC(CNC2CC2)C(CCc2ccsc2)C1. The minimum atomic E-state index is 0.565. The molecule has 2 aliphatic rings. The van der Waals surface area contributed by atoms with Crippen molar-refractivity contribution in [3.05, 3.63) is 22.4 Å². The molecule has 1 aromatic heterocycles. The number of rotatable bonds is 6. The molecule has 0 amide bonds. The summed E-state index contributed by atoms with van der Waals surface area (Å²) in [6.45, 7) is 6.21. The zero-order valence-electron chi connectivity index (χ0n) is 13.0. The highest BCUT2D eigenvalue weighted by atomic mass is 32.1. The summed E-state index contributed by atoms with van der Waals surface area (Å²) in [5.74, 6) is 1.84. The first-order valence-corrected chi connectivity index (χ1v) is 9.31. The van der Waals surface area contributed by atoms with Crippen molar-refractivity contribution >= 4 is 11.3 Å². The van der Waals surface area contributed by atoms with E-state index in [1.165, 1.54) is 51.5 Å². The number of nitrogens with one attached hydrogen (secondary N) is 1. The van der Waals surface area contributed by atoms with Crippen molar-refractivity contribution < 1.29 is 0 Å². The van der Waals surface area contributed by atoms with E-state index in [1.54, 1.807) is 5.56 Å². The molecule has 2 atom stereocenters. The first-order valence-electron chi connectivity index (χ1n) is 8.37. The van der Waals surface area contributed by atoms with Crippen LogP contribution in [-0.4, -0.2) is 12.6 Å². The van der Waals surface area contributed by atoms with Gasteiger partial charge in [-0.05, 0) is 91.1 Å². The lowest BCUT2D eigenvalue weighted by molar-refractivity contribution is 0.110. The van der Waals surface area contributed by atoms with Gasteiger partial charge in [0, 0.05) is 6.04 Å². The number of hydrogen-bond acceptors (Lipinski definition) is 2. The van der Waals surface area contributed by atoms with Gasteiger partial charge in [0.05, 0.1) is 0 Å². The summed E-state index contributed by atoms with van der Waals surface area (Å²) < 4.78 is 0. The number of thiophene rings is 1. The van der Waals surface area contributed by atoms with Crippen LogP contribution in [0.4, 0.5) is 0 Å². The second-order valence-corrected chi connectivity index (χ2v) is 8.56. The van der Waals surface area contributed by atoms with Gasteiger partial charge in [-0.1, -0.05) is 13.8 Å². The maximum absolute atomic E-state index is 3.78. The van der Waals surface area contributed by atoms with E-state index in [-0.39, 0.29) is 0 Å². The van der Waals surface area contributed by atoms with Gasteiger partial charge < -0.3 is 5.32 Å². The van der Waals surface area contributed by atoms with Crippen molar-refractivity contribution in [1.82, 2.24) is 5.32 Å². The fraction of sp³-hybridized carbons (Fsp3) is 0.778. The minimum absolute atomic E-state index is 0.565. The lowest BCUT2D eigenvalue weighted by Crippen LogP contribution is -2.36. The molecule has 1 aromatic rings. The molecule has 0 spiro atoms. The summed E-state index contributed by atoms with van der Waals surface area (Å²) in [5, 5.41) is 8.32. The van der Waals surface area contributed by atoms with Crippen LogP contribution in [0.2, 0.25) is 0 Å². The van der Waals surface area contributed by atoms with Gasteiger partial charge in [-0.3, -0.25) is 0 Å². The van der Waals surface area contributed by atoms with Gasteiger partial charge in [-0.15, -0.1) is 0 Å². The molecular weight excluding hydrogens is 262 g/mol. The van der Waals surface area contributed by atoms with Crippen molar-refractivity contribution in [3.63, 3.8) is 0 Å². The van der Waals surface area contributed by atoms with Crippen molar-refractivity contribution in [2.24, 2.45) is 17.3 Å². The predicted octanol–water partition coefficient (Wildman–Crippen LogP) is 4.88. The summed E-state index contributed by atoms with van der Waals surface area (Å²) in [6.07, 6.45) is 9.77. The third kappa shape index (κ3) is 4.08. The number of hydrogen-bond donors (Lipinski definition) is 1. The minimum Gasteiger partial charge on any atom is -0.314 e. The van der Waals surface area contributed by atoms with Gasteiger partial charge in [-0.25, -0.2) is 0 Å². The highest BCUT2D eigenvalue weighted by Crippen LogP contribution is 2.43. The zero-order chi connectivity index (χ0) is 14.0. The largest absolute Gasteiger partial charge is 0.314 e. The van der Waals surface area contributed by atoms with E-state index >= 15 is 0 Å². The molecule has 2 aliphatic carbocycles. The fourth-order valence-electron chi connectivity index (χ4n) is 3.79. The fourth-order valence-corrected chi connectivity index (χ4v) is 4.49. The maximum atomic E-state index is 3.78. The van der Waals surface area contributed by atoms with Crippen LogP contribution >= 0.6 is 11.3 Å². The lowest BCUT2D eigenvalue weighted by Gasteiger charge is -2.41. The first-order chi connectivity index (χ1) is 9.62. The van der Waals surface area contributed by atoms with Gasteiger partial charge in [0.25, 0.3) is 0 Å². The third-order valence-electron chi connectivity index (χ3n) is 5.30. The van der Waals surface area contributed by atoms with Crippen LogP contribution in [0.5, 0.6) is 0 Å². The van der Waals surface area contributed by atoms with Crippen LogP contribution in [0, 0.1) is 17.3 Å². The quantitative estimate of drug-likeness (QED) is 0.788. The summed E-state index contributed by atoms with van der Waals surface area (Å²) in [4.78, 5) is 0. The summed E-state index contributed by atoms with van der Waals surface area (Å²) in [6, 6.07) is 3.17. The molecule has 2 unspecified atom stereocenters. The Hall–Kier alpha value is -0.340. The normalized spacial score (nSPS) is 29.5. The van der Waals surface area contributed by atoms with Gasteiger partial charge in [-0.2, -0.15) is 11.3 Å². The van der Waals surface area contributed by atoms with Gasteiger partial charge in [0.1, 0.15) is 0 Å². The van der Waals surface area contributed by atoms with E-state index in [0.717, 1.165) is 17.9 Å². The molecule has 112 valence electrons. The van der Waals surface area contributed by atoms with E-state index in [0.29, 0.717) is 5.41 Å². The second-order valence-electron chi connectivity index (χ2n) is 7.78.